The number of fused-ring (bicyclic) bond motifs is 2. The summed E-state index contributed by atoms with van der Waals surface area (Å²) in [4.78, 5) is 13.9. The third-order valence-corrected chi connectivity index (χ3v) is 4.70. The van der Waals surface area contributed by atoms with Gasteiger partial charge in [-0.15, -0.1) is 0 Å². The lowest BCUT2D eigenvalue weighted by Gasteiger charge is -2.12. The van der Waals surface area contributed by atoms with Gasteiger partial charge in [-0.3, -0.25) is 0 Å². The van der Waals surface area contributed by atoms with E-state index in [0.717, 1.165) is 22.3 Å². The van der Waals surface area contributed by atoms with Crippen molar-refractivity contribution in [3.05, 3.63) is 72.3 Å². The lowest BCUT2D eigenvalue weighted by molar-refractivity contribution is 0.647. The largest absolute Gasteiger partial charge is 0.375 e. The number of aromatic nitrogens is 1. The van der Waals surface area contributed by atoms with Gasteiger partial charge in [0, 0.05) is 19.8 Å². The average molecular weight is 346 g/mol. The summed E-state index contributed by atoms with van der Waals surface area (Å²) in [6.07, 6.45) is 0.522. The number of hydrogen-bond donors (Lipinski definition) is 2. The molecule has 0 fully saturated rings. The molecule has 1 heterocycles. The highest BCUT2D eigenvalue weighted by atomic mass is 31.1. The van der Waals surface area contributed by atoms with Crippen molar-refractivity contribution in [3.8, 4) is 11.1 Å². The molecule has 1 aromatic heterocycles. The summed E-state index contributed by atoms with van der Waals surface area (Å²) in [6.45, 7) is 2.12. The Hall–Kier alpha value is -2.48. The summed E-state index contributed by atoms with van der Waals surface area (Å²) < 4.78 is 0. The van der Waals surface area contributed by atoms with Gasteiger partial charge in [-0.05, 0) is 53.1 Å². The van der Waals surface area contributed by atoms with Crippen molar-refractivity contribution in [3.63, 3.8) is 0 Å². The van der Waals surface area contributed by atoms with Crippen molar-refractivity contribution in [1.29, 1.82) is 0 Å². The van der Waals surface area contributed by atoms with E-state index in [2.05, 4.69) is 72.9 Å². The summed E-state index contributed by atoms with van der Waals surface area (Å²) in [5, 5.41) is 6.75. The highest BCUT2D eigenvalue weighted by Gasteiger charge is 2.10. The molecule has 0 aliphatic carbocycles. The molecule has 1 unspecified atom stereocenters. The molecular formula is C21H19N2OP. The van der Waals surface area contributed by atoms with Crippen LogP contribution in [0.5, 0.6) is 0 Å². The third-order valence-electron chi connectivity index (χ3n) is 4.37. The first-order chi connectivity index (χ1) is 12.3. The molecule has 0 aliphatic heterocycles. The van der Waals surface area contributed by atoms with Crippen LogP contribution in [0.4, 0.5) is 5.82 Å². The number of nitrogens with one attached hydrogen (secondary N) is 1. The Morgan fingerprint density at radius 1 is 0.920 bits per heavy atom. The number of hydrogen-bond acceptors (Lipinski definition) is 3. The van der Waals surface area contributed by atoms with Crippen molar-refractivity contribution in [1.82, 2.24) is 4.98 Å². The Bertz CT molecular complexity index is 1060. The van der Waals surface area contributed by atoms with E-state index in [1.54, 1.807) is 0 Å². The Morgan fingerprint density at radius 2 is 1.76 bits per heavy atom. The average Bonchev–Trinajstić information content (AvgIpc) is 2.65. The van der Waals surface area contributed by atoms with Crippen molar-refractivity contribution in [2.75, 3.05) is 11.6 Å². The van der Waals surface area contributed by atoms with E-state index in [-0.39, 0.29) is 8.81 Å². The van der Waals surface area contributed by atoms with E-state index in [1.165, 1.54) is 21.9 Å². The van der Waals surface area contributed by atoms with Crippen molar-refractivity contribution in [2.24, 2.45) is 0 Å². The van der Waals surface area contributed by atoms with Gasteiger partial charge in [-0.25, -0.2) is 4.98 Å². The lowest BCUT2D eigenvalue weighted by Crippen LogP contribution is -1.99. The van der Waals surface area contributed by atoms with E-state index in [1.807, 2.05) is 6.07 Å². The van der Waals surface area contributed by atoms with Gasteiger partial charge in [0.15, 0.2) is 0 Å². The van der Waals surface area contributed by atoms with Gasteiger partial charge in [0.25, 0.3) is 0 Å². The van der Waals surface area contributed by atoms with Crippen molar-refractivity contribution < 1.29 is 4.89 Å². The number of rotatable bonds is 4. The van der Waals surface area contributed by atoms with Crippen LogP contribution < -0.4 is 5.32 Å². The normalized spacial score (nSPS) is 11.6. The minimum absolute atomic E-state index is 0.136. The van der Waals surface area contributed by atoms with E-state index in [9.17, 15) is 0 Å². The van der Waals surface area contributed by atoms with Crippen LogP contribution in [0.15, 0.2) is 66.7 Å². The number of pyridine rings is 1. The second kappa shape index (κ2) is 6.79. The molecular weight excluding hydrogens is 327 g/mol. The number of anilines is 1. The Balaban J connectivity index is 1.98. The van der Waals surface area contributed by atoms with Gasteiger partial charge in [0.2, 0.25) is 0 Å². The highest BCUT2D eigenvalue weighted by Crippen LogP contribution is 2.34. The maximum absolute atomic E-state index is 9.07. The van der Waals surface area contributed by atoms with Gasteiger partial charge >= 0.3 is 0 Å². The van der Waals surface area contributed by atoms with Crippen molar-refractivity contribution >= 4 is 36.3 Å². The first-order valence-corrected chi connectivity index (χ1v) is 9.42. The minimum Gasteiger partial charge on any atom is -0.375 e. The van der Waals surface area contributed by atoms with Gasteiger partial charge in [0.05, 0.1) is 11.8 Å². The second-order valence-electron chi connectivity index (χ2n) is 6.12. The molecule has 4 rings (SSSR count). The fourth-order valence-corrected chi connectivity index (χ4v) is 3.54. The molecule has 1 atom stereocenters. The summed E-state index contributed by atoms with van der Waals surface area (Å²) >= 11 is 0. The van der Waals surface area contributed by atoms with Crippen LogP contribution in [0.3, 0.4) is 0 Å². The van der Waals surface area contributed by atoms with Crippen LogP contribution in [0.25, 0.3) is 32.8 Å². The molecule has 3 aromatic carbocycles. The lowest BCUT2D eigenvalue weighted by atomic mass is 9.95. The third kappa shape index (κ3) is 3.09. The van der Waals surface area contributed by atoms with Crippen LogP contribution >= 0.6 is 8.81 Å². The molecule has 0 aliphatic rings. The molecule has 4 heteroatoms. The number of aryl methyl sites for hydroxylation is 1. The molecule has 0 amide bonds. The van der Waals surface area contributed by atoms with Gasteiger partial charge < -0.3 is 10.2 Å². The smallest absolute Gasteiger partial charge is 0.127 e. The zero-order valence-corrected chi connectivity index (χ0v) is 15.0. The quantitative estimate of drug-likeness (QED) is 0.492. The Morgan fingerprint density at radius 3 is 2.64 bits per heavy atom. The molecule has 0 bridgehead atoms. The zero-order valence-electron chi connectivity index (χ0n) is 14.0. The molecule has 0 saturated carbocycles. The number of nitrogens with zero attached hydrogens (tertiary/aromatic N) is 1. The molecule has 0 saturated heterocycles. The SMILES string of the molecule is Cc1cc(-c2cccc3ccccc23)c2nc(NCPO)ccc2c1. The van der Waals surface area contributed by atoms with Gasteiger partial charge in [-0.1, -0.05) is 42.5 Å². The fraction of sp³-hybridized carbons (Fsp3) is 0.0952. The van der Waals surface area contributed by atoms with Crippen LogP contribution in [-0.2, 0) is 0 Å². The first-order valence-electron chi connectivity index (χ1n) is 8.26. The van der Waals surface area contributed by atoms with Crippen LogP contribution in [-0.4, -0.2) is 16.2 Å². The van der Waals surface area contributed by atoms with Gasteiger partial charge in [0.1, 0.15) is 5.82 Å². The molecule has 3 nitrogen and oxygen atoms in total. The molecule has 2 N–H and O–H groups in total. The van der Waals surface area contributed by atoms with Crippen LogP contribution in [0, 0.1) is 6.92 Å². The van der Waals surface area contributed by atoms with Crippen LogP contribution in [0.1, 0.15) is 5.56 Å². The Labute approximate surface area is 148 Å². The summed E-state index contributed by atoms with van der Waals surface area (Å²) in [6, 6.07) is 23.3. The monoisotopic (exact) mass is 346 g/mol. The molecule has 25 heavy (non-hydrogen) atoms. The maximum Gasteiger partial charge on any atom is 0.127 e. The predicted octanol–water partition coefficient (Wildman–Crippen LogP) is 5.32. The molecule has 124 valence electrons. The molecule has 4 aromatic rings. The fourth-order valence-electron chi connectivity index (χ4n) is 3.28. The molecule has 0 radical (unpaired) electrons. The van der Waals surface area contributed by atoms with Crippen molar-refractivity contribution in [2.45, 2.75) is 6.92 Å². The standard InChI is InChI=1S/C21H19N2OP/c1-14-11-16-9-10-20(22-13-25-24)23-21(16)19(12-14)18-8-4-6-15-5-2-3-7-17(15)18/h2-12,24-25H,13H2,1H3,(H,22,23). The zero-order chi connectivity index (χ0) is 17.2. The first kappa shape index (κ1) is 16.0. The highest BCUT2D eigenvalue weighted by molar-refractivity contribution is 7.31. The topological polar surface area (TPSA) is 45.2 Å². The van der Waals surface area contributed by atoms with E-state index in [4.69, 9.17) is 9.88 Å². The Kier molecular flexibility index (Phi) is 4.35. The van der Waals surface area contributed by atoms with Crippen LogP contribution in [0.2, 0.25) is 0 Å². The predicted molar refractivity (Wildman–Crippen MR) is 108 cm³/mol. The second-order valence-corrected chi connectivity index (χ2v) is 6.79. The molecule has 0 spiro atoms. The maximum atomic E-state index is 9.07. The number of benzene rings is 3. The summed E-state index contributed by atoms with van der Waals surface area (Å²) in [5.41, 5.74) is 4.53. The van der Waals surface area contributed by atoms with E-state index in [0.29, 0.717) is 6.29 Å². The van der Waals surface area contributed by atoms with E-state index >= 15 is 0 Å². The summed E-state index contributed by atoms with van der Waals surface area (Å²) in [5.74, 6) is 0.791. The van der Waals surface area contributed by atoms with E-state index < -0.39 is 0 Å². The summed E-state index contributed by atoms with van der Waals surface area (Å²) in [7, 11) is -0.136. The minimum atomic E-state index is -0.136. The van der Waals surface area contributed by atoms with Gasteiger partial charge in [-0.2, -0.15) is 0 Å².